The van der Waals surface area contributed by atoms with Gasteiger partial charge < -0.3 is 15.2 Å². The van der Waals surface area contributed by atoms with Gasteiger partial charge in [0.2, 0.25) is 0 Å². The summed E-state index contributed by atoms with van der Waals surface area (Å²) in [4.78, 5) is 11.8. The third-order valence-corrected chi connectivity index (χ3v) is 3.72. The van der Waals surface area contributed by atoms with Gasteiger partial charge in [0.1, 0.15) is 12.1 Å². The van der Waals surface area contributed by atoms with Crippen molar-refractivity contribution in [1.82, 2.24) is 0 Å². The summed E-state index contributed by atoms with van der Waals surface area (Å²) in [6, 6.07) is -0.577. The van der Waals surface area contributed by atoms with Crippen LogP contribution >= 0.6 is 0 Å². The molecule has 1 aliphatic heterocycles. The van der Waals surface area contributed by atoms with Crippen LogP contribution in [0.15, 0.2) is 0 Å². The molecule has 20 heavy (non-hydrogen) atoms. The number of cyclic esters (lactones) is 1. The van der Waals surface area contributed by atoms with Crippen molar-refractivity contribution >= 4 is 5.97 Å². The summed E-state index contributed by atoms with van der Waals surface area (Å²) in [5.74, 6) is 0.0854. The van der Waals surface area contributed by atoms with Gasteiger partial charge in [0.05, 0.1) is 12.8 Å². The SMILES string of the molecule is CC(C)CO[C@@H]1[C@@H](CCF)CCC[C@H](N)C(=O)O[C@H]1C. The largest absolute Gasteiger partial charge is 0.459 e. The molecule has 5 heteroatoms. The lowest BCUT2D eigenvalue weighted by Gasteiger charge is -2.31. The summed E-state index contributed by atoms with van der Waals surface area (Å²) in [6.45, 7) is 6.14. The number of hydrogen-bond acceptors (Lipinski definition) is 4. The highest BCUT2D eigenvalue weighted by Crippen LogP contribution is 2.26. The molecule has 1 aliphatic rings. The number of rotatable bonds is 5. The fraction of sp³-hybridized carbons (Fsp3) is 0.933. The number of halogens is 1. The molecule has 0 spiro atoms. The van der Waals surface area contributed by atoms with Gasteiger partial charge in [-0.2, -0.15) is 0 Å². The monoisotopic (exact) mass is 289 g/mol. The van der Waals surface area contributed by atoms with Crippen molar-refractivity contribution in [2.45, 2.75) is 64.7 Å². The van der Waals surface area contributed by atoms with Gasteiger partial charge >= 0.3 is 5.97 Å². The van der Waals surface area contributed by atoms with Gasteiger partial charge in [-0.15, -0.1) is 0 Å². The molecule has 1 rings (SSSR count). The molecule has 0 unspecified atom stereocenters. The Balaban J connectivity index is 2.79. The van der Waals surface area contributed by atoms with Crippen LogP contribution in [0.1, 0.15) is 46.5 Å². The maximum atomic E-state index is 12.8. The zero-order valence-corrected chi connectivity index (χ0v) is 12.8. The topological polar surface area (TPSA) is 61.5 Å². The van der Waals surface area contributed by atoms with Crippen molar-refractivity contribution in [3.8, 4) is 0 Å². The molecule has 4 nitrogen and oxygen atoms in total. The Morgan fingerprint density at radius 2 is 2.15 bits per heavy atom. The van der Waals surface area contributed by atoms with E-state index in [1.165, 1.54) is 0 Å². The predicted octanol–water partition coefficient (Wildman–Crippen LogP) is 2.45. The van der Waals surface area contributed by atoms with Crippen LogP contribution in [0.25, 0.3) is 0 Å². The second-order valence-electron chi connectivity index (χ2n) is 6.11. The predicted molar refractivity (Wildman–Crippen MR) is 76.0 cm³/mol. The molecule has 0 bridgehead atoms. The minimum Gasteiger partial charge on any atom is -0.459 e. The molecule has 1 heterocycles. The molecule has 1 fully saturated rings. The molecular formula is C15H28FNO3. The van der Waals surface area contributed by atoms with Gasteiger partial charge in [0.25, 0.3) is 0 Å². The Bertz CT molecular complexity index is 299. The molecule has 0 aromatic carbocycles. The first-order chi connectivity index (χ1) is 9.45. The minimum absolute atomic E-state index is 0.0758. The van der Waals surface area contributed by atoms with Crippen LogP contribution in [-0.2, 0) is 14.3 Å². The first-order valence-electron chi connectivity index (χ1n) is 7.59. The van der Waals surface area contributed by atoms with Crippen LogP contribution in [0.4, 0.5) is 4.39 Å². The number of nitrogens with two attached hydrogens (primary N) is 1. The second-order valence-corrected chi connectivity index (χ2v) is 6.11. The summed E-state index contributed by atoms with van der Waals surface area (Å²) >= 11 is 0. The quantitative estimate of drug-likeness (QED) is 0.790. The Hall–Kier alpha value is -0.680. The first kappa shape index (κ1) is 17.4. The lowest BCUT2D eigenvalue weighted by Crippen LogP contribution is -2.40. The van der Waals surface area contributed by atoms with Crippen molar-refractivity contribution in [3.05, 3.63) is 0 Å². The highest BCUT2D eigenvalue weighted by atomic mass is 19.1. The number of carbonyl (C=O) groups excluding carboxylic acids is 1. The summed E-state index contributed by atoms with van der Waals surface area (Å²) < 4.78 is 24.1. The van der Waals surface area contributed by atoms with Gasteiger partial charge in [0, 0.05) is 6.61 Å². The molecular weight excluding hydrogens is 261 g/mol. The number of carbonyl (C=O) groups is 1. The van der Waals surface area contributed by atoms with Crippen LogP contribution in [0, 0.1) is 11.8 Å². The van der Waals surface area contributed by atoms with E-state index in [0.717, 1.165) is 12.8 Å². The zero-order chi connectivity index (χ0) is 15.1. The fourth-order valence-corrected chi connectivity index (χ4v) is 2.63. The van der Waals surface area contributed by atoms with Crippen molar-refractivity contribution < 1.29 is 18.7 Å². The van der Waals surface area contributed by atoms with E-state index in [4.69, 9.17) is 15.2 Å². The number of alkyl halides is 1. The Kier molecular flexibility index (Phi) is 7.45. The molecule has 0 radical (unpaired) electrons. The van der Waals surface area contributed by atoms with Crippen LogP contribution in [-0.4, -0.2) is 37.5 Å². The van der Waals surface area contributed by atoms with E-state index in [-0.39, 0.29) is 30.8 Å². The zero-order valence-electron chi connectivity index (χ0n) is 12.8. The lowest BCUT2D eigenvalue weighted by atomic mass is 9.90. The van der Waals surface area contributed by atoms with E-state index in [1.54, 1.807) is 0 Å². The molecule has 2 N–H and O–H groups in total. The summed E-state index contributed by atoms with van der Waals surface area (Å²) in [7, 11) is 0. The van der Waals surface area contributed by atoms with E-state index < -0.39 is 6.04 Å². The van der Waals surface area contributed by atoms with Crippen molar-refractivity contribution in [1.29, 1.82) is 0 Å². The van der Waals surface area contributed by atoms with Gasteiger partial charge in [-0.1, -0.05) is 20.3 Å². The summed E-state index contributed by atoms with van der Waals surface area (Å²) in [5, 5.41) is 0. The Labute approximate surface area is 121 Å². The second kappa shape index (κ2) is 8.57. The van der Waals surface area contributed by atoms with Gasteiger partial charge in [0.15, 0.2) is 0 Å². The maximum Gasteiger partial charge on any atom is 0.323 e. The average molecular weight is 289 g/mol. The van der Waals surface area contributed by atoms with E-state index in [1.807, 2.05) is 6.92 Å². The number of esters is 1. The number of ether oxygens (including phenoxy) is 2. The molecule has 1 saturated heterocycles. The molecule has 4 atom stereocenters. The van der Waals surface area contributed by atoms with E-state index in [9.17, 15) is 9.18 Å². The third kappa shape index (κ3) is 5.37. The third-order valence-electron chi connectivity index (χ3n) is 3.72. The van der Waals surface area contributed by atoms with Crippen molar-refractivity contribution in [2.75, 3.05) is 13.3 Å². The summed E-state index contributed by atoms with van der Waals surface area (Å²) in [5.41, 5.74) is 5.78. The number of hydrogen-bond donors (Lipinski definition) is 1. The standard InChI is InChI=1S/C15H28FNO3/c1-10(2)9-19-14-11(3)20-15(18)13(17)6-4-5-12(14)7-8-16/h10-14H,4-9,17H2,1-3H3/t11-,12+,13-,14-/m0/s1. The Morgan fingerprint density at radius 1 is 1.45 bits per heavy atom. The van der Waals surface area contributed by atoms with E-state index in [0.29, 0.717) is 25.4 Å². The van der Waals surface area contributed by atoms with Gasteiger partial charge in [-0.25, -0.2) is 0 Å². The molecule has 0 aromatic heterocycles. The summed E-state index contributed by atoms with van der Waals surface area (Å²) in [6.07, 6.45) is 2.02. The highest BCUT2D eigenvalue weighted by molar-refractivity contribution is 5.75. The van der Waals surface area contributed by atoms with Crippen LogP contribution < -0.4 is 5.73 Å². The fourth-order valence-electron chi connectivity index (χ4n) is 2.63. The van der Waals surface area contributed by atoms with Crippen molar-refractivity contribution in [3.63, 3.8) is 0 Å². The Morgan fingerprint density at radius 3 is 2.75 bits per heavy atom. The van der Waals surface area contributed by atoms with E-state index in [2.05, 4.69) is 13.8 Å². The smallest absolute Gasteiger partial charge is 0.323 e. The molecule has 0 aliphatic carbocycles. The van der Waals surface area contributed by atoms with Gasteiger partial charge in [-0.3, -0.25) is 9.18 Å². The maximum absolute atomic E-state index is 12.8. The van der Waals surface area contributed by atoms with Crippen molar-refractivity contribution in [2.24, 2.45) is 17.6 Å². The first-order valence-corrected chi connectivity index (χ1v) is 7.59. The molecule has 0 amide bonds. The highest BCUT2D eigenvalue weighted by Gasteiger charge is 2.33. The van der Waals surface area contributed by atoms with Crippen LogP contribution in [0.3, 0.4) is 0 Å². The van der Waals surface area contributed by atoms with Crippen LogP contribution in [0.2, 0.25) is 0 Å². The van der Waals surface area contributed by atoms with Crippen LogP contribution in [0.5, 0.6) is 0 Å². The average Bonchev–Trinajstić information content (AvgIpc) is 2.41. The molecule has 118 valence electrons. The normalized spacial score (nSPS) is 32.4. The van der Waals surface area contributed by atoms with E-state index >= 15 is 0 Å². The van der Waals surface area contributed by atoms with Gasteiger partial charge in [-0.05, 0) is 38.0 Å². The lowest BCUT2D eigenvalue weighted by molar-refractivity contribution is -0.161. The minimum atomic E-state index is -0.577. The molecule has 0 saturated carbocycles. The molecule has 0 aromatic rings.